The number of hydrogen-bond donors (Lipinski definition) is 0. The molecule has 0 saturated heterocycles. The van der Waals surface area contributed by atoms with Crippen LogP contribution in [0.4, 0.5) is 4.39 Å². The van der Waals surface area contributed by atoms with Crippen molar-refractivity contribution in [2.45, 2.75) is 19.8 Å². The van der Waals surface area contributed by atoms with Gasteiger partial charge in [0.1, 0.15) is 5.82 Å². The van der Waals surface area contributed by atoms with Crippen molar-refractivity contribution in [1.29, 1.82) is 0 Å². The molecule has 0 radical (unpaired) electrons. The van der Waals surface area contributed by atoms with Gasteiger partial charge in [-0.2, -0.15) is 0 Å². The van der Waals surface area contributed by atoms with Crippen LogP contribution in [0.3, 0.4) is 0 Å². The first-order valence-electron chi connectivity index (χ1n) is 4.64. The van der Waals surface area contributed by atoms with Crippen molar-refractivity contribution < 1.29 is 4.39 Å². The number of rotatable bonds is 4. The molecule has 0 saturated carbocycles. The van der Waals surface area contributed by atoms with Gasteiger partial charge in [-0.05, 0) is 30.4 Å². The summed E-state index contributed by atoms with van der Waals surface area (Å²) in [6, 6.07) is 4.97. The van der Waals surface area contributed by atoms with E-state index in [-0.39, 0.29) is 10.8 Å². The van der Waals surface area contributed by atoms with Crippen molar-refractivity contribution in [3.63, 3.8) is 0 Å². The maximum Gasteiger partial charge on any atom is 0.142 e. The van der Waals surface area contributed by atoms with Gasteiger partial charge < -0.3 is 0 Å². The van der Waals surface area contributed by atoms with Crippen LogP contribution >= 0.6 is 27.5 Å². The molecule has 0 nitrogen and oxygen atoms in total. The molecule has 1 rings (SSSR count). The average Bonchev–Trinajstić information content (AvgIpc) is 2.20. The molecule has 0 amide bonds. The summed E-state index contributed by atoms with van der Waals surface area (Å²) in [6.07, 6.45) is 1.86. The van der Waals surface area contributed by atoms with E-state index in [1.54, 1.807) is 6.07 Å². The van der Waals surface area contributed by atoms with E-state index in [1.807, 2.05) is 6.07 Å². The van der Waals surface area contributed by atoms with Crippen LogP contribution < -0.4 is 0 Å². The van der Waals surface area contributed by atoms with Crippen LogP contribution in [0.15, 0.2) is 18.2 Å². The number of benzene rings is 1. The molecule has 1 aromatic rings. The first-order chi connectivity index (χ1) is 6.65. The molecule has 3 heteroatoms. The van der Waals surface area contributed by atoms with Gasteiger partial charge >= 0.3 is 0 Å². The largest absolute Gasteiger partial charge is 0.205 e. The Bertz CT molecular complexity index is 301. The highest BCUT2D eigenvalue weighted by atomic mass is 79.9. The van der Waals surface area contributed by atoms with Crippen LogP contribution in [0, 0.1) is 11.7 Å². The molecule has 0 bridgehead atoms. The van der Waals surface area contributed by atoms with Crippen LogP contribution in [-0.4, -0.2) is 5.33 Å². The Morgan fingerprint density at radius 1 is 1.50 bits per heavy atom. The Hall–Kier alpha value is -0.0800. The van der Waals surface area contributed by atoms with Gasteiger partial charge in [0.05, 0.1) is 5.02 Å². The van der Waals surface area contributed by atoms with Crippen LogP contribution in [0.2, 0.25) is 5.02 Å². The van der Waals surface area contributed by atoms with E-state index in [9.17, 15) is 4.39 Å². The van der Waals surface area contributed by atoms with Crippen LogP contribution in [0.25, 0.3) is 0 Å². The van der Waals surface area contributed by atoms with Crippen molar-refractivity contribution in [1.82, 2.24) is 0 Å². The topological polar surface area (TPSA) is 0 Å². The Balaban J connectivity index is 2.63. The highest BCUT2D eigenvalue weighted by Crippen LogP contribution is 2.22. The van der Waals surface area contributed by atoms with Crippen molar-refractivity contribution in [3.8, 4) is 0 Å². The van der Waals surface area contributed by atoms with E-state index in [2.05, 4.69) is 22.9 Å². The van der Waals surface area contributed by atoms with Crippen molar-refractivity contribution in [2.75, 3.05) is 5.33 Å². The molecule has 1 atom stereocenters. The number of halogens is 3. The van der Waals surface area contributed by atoms with Gasteiger partial charge in [0.25, 0.3) is 0 Å². The van der Waals surface area contributed by atoms with Crippen molar-refractivity contribution in [2.24, 2.45) is 5.92 Å². The van der Waals surface area contributed by atoms with Gasteiger partial charge in [0, 0.05) is 5.33 Å². The lowest BCUT2D eigenvalue weighted by molar-refractivity contribution is 0.592. The molecule has 0 aliphatic heterocycles. The maximum atomic E-state index is 13.0. The minimum absolute atomic E-state index is 0.272. The zero-order valence-corrected chi connectivity index (χ0v) is 10.4. The summed E-state index contributed by atoms with van der Waals surface area (Å²) in [5, 5.41) is 1.24. The second-order valence-electron chi connectivity index (χ2n) is 3.51. The van der Waals surface area contributed by atoms with Gasteiger partial charge in [-0.1, -0.05) is 46.6 Å². The second kappa shape index (κ2) is 5.72. The highest BCUT2D eigenvalue weighted by molar-refractivity contribution is 9.09. The Labute approximate surface area is 97.6 Å². The fourth-order valence-corrected chi connectivity index (χ4v) is 1.76. The van der Waals surface area contributed by atoms with Crippen molar-refractivity contribution in [3.05, 3.63) is 34.6 Å². The molecule has 14 heavy (non-hydrogen) atoms. The smallest absolute Gasteiger partial charge is 0.142 e. The fourth-order valence-electron chi connectivity index (χ4n) is 1.22. The molecule has 78 valence electrons. The lowest BCUT2D eigenvalue weighted by Crippen LogP contribution is -1.99. The minimum Gasteiger partial charge on any atom is -0.205 e. The van der Waals surface area contributed by atoms with Gasteiger partial charge in [0.15, 0.2) is 0 Å². The summed E-state index contributed by atoms with van der Waals surface area (Å²) in [7, 11) is 0. The van der Waals surface area contributed by atoms with E-state index in [4.69, 9.17) is 11.6 Å². The summed E-state index contributed by atoms with van der Waals surface area (Å²) in [4.78, 5) is 0. The molecule has 0 fully saturated rings. The predicted molar refractivity (Wildman–Crippen MR) is 62.7 cm³/mol. The predicted octanol–water partition coefficient (Wildman–Crippen LogP) is 4.44. The zero-order valence-electron chi connectivity index (χ0n) is 8.06. The summed E-state index contributed by atoms with van der Waals surface area (Å²) >= 11 is 9.25. The summed E-state index contributed by atoms with van der Waals surface area (Å²) in [5.74, 6) is 0.269. The Morgan fingerprint density at radius 3 is 2.86 bits per heavy atom. The van der Waals surface area contributed by atoms with Crippen molar-refractivity contribution >= 4 is 27.5 Å². The molecule has 1 unspecified atom stereocenters. The molecule has 0 spiro atoms. The highest BCUT2D eigenvalue weighted by Gasteiger charge is 2.07. The van der Waals surface area contributed by atoms with E-state index in [1.165, 1.54) is 6.07 Å². The average molecular weight is 280 g/mol. The molecule has 1 aromatic carbocycles. The molecular formula is C11H13BrClF. The third-order valence-corrected chi connectivity index (χ3v) is 3.73. The quantitative estimate of drug-likeness (QED) is 0.715. The summed E-state index contributed by atoms with van der Waals surface area (Å²) in [6.45, 7) is 2.15. The summed E-state index contributed by atoms with van der Waals surface area (Å²) < 4.78 is 13.0. The molecule has 0 aromatic heterocycles. The third kappa shape index (κ3) is 3.25. The molecular weight excluding hydrogens is 266 g/mol. The van der Waals surface area contributed by atoms with Gasteiger partial charge in [-0.15, -0.1) is 0 Å². The normalized spacial score (nSPS) is 12.9. The minimum atomic E-state index is -0.323. The Kier molecular flexibility index (Phi) is 4.90. The van der Waals surface area contributed by atoms with E-state index >= 15 is 0 Å². The third-order valence-electron chi connectivity index (χ3n) is 2.20. The lowest BCUT2D eigenvalue weighted by atomic mass is 10.0. The number of aryl methyl sites for hydroxylation is 1. The molecule has 0 aliphatic rings. The van der Waals surface area contributed by atoms with Gasteiger partial charge in [0.2, 0.25) is 0 Å². The van der Waals surface area contributed by atoms with E-state index in [0.29, 0.717) is 5.92 Å². The van der Waals surface area contributed by atoms with Crippen LogP contribution in [-0.2, 0) is 6.42 Å². The fraction of sp³-hybridized carbons (Fsp3) is 0.455. The second-order valence-corrected chi connectivity index (χ2v) is 4.54. The van der Waals surface area contributed by atoms with Gasteiger partial charge in [-0.3, -0.25) is 0 Å². The standard InChI is InChI=1S/C11H13BrClF/c1-8(7-12)5-6-9-3-2-4-10(14)11(9)13/h2-4,8H,5-7H2,1H3. The first kappa shape index (κ1) is 12.0. The molecule has 0 aliphatic carbocycles. The monoisotopic (exact) mass is 278 g/mol. The van der Waals surface area contributed by atoms with E-state index in [0.717, 1.165) is 23.7 Å². The first-order valence-corrected chi connectivity index (χ1v) is 6.14. The lowest BCUT2D eigenvalue weighted by Gasteiger charge is -2.08. The number of alkyl halides is 1. The van der Waals surface area contributed by atoms with Crippen LogP contribution in [0.1, 0.15) is 18.9 Å². The zero-order chi connectivity index (χ0) is 10.6. The van der Waals surface area contributed by atoms with E-state index < -0.39 is 0 Å². The Morgan fingerprint density at radius 2 is 2.21 bits per heavy atom. The maximum absolute atomic E-state index is 13.0. The van der Waals surface area contributed by atoms with Crippen LogP contribution in [0.5, 0.6) is 0 Å². The molecule has 0 heterocycles. The summed E-state index contributed by atoms with van der Waals surface area (Å²) in [5.41, 5.74) is 0.902. The number of hydrogen-bond acceptors (Lipinski definition) is 0. The SMILES string of the molecule is CC(CBr)CCc1cccc(F)c1Cl. The molecule has 0 N–H and O–H groups in total. The van der Waals surface area contributed by atoms with Gasteiger partial charge in [-0.25, -0.2) is 4.39 Å².